The number of carboxylic acids is 1. The van der Waals surface area contributed by atoms with Crippen molar-refractivity contribution in [1.29, 1.82) is 0 Å². The maximum absolute atomic E-state index is 11.6. The monoisotopic (exact) mass is 254 g/mol. The molecule has 0 spiro atoms. The van der Waals surface area contributed by atoms with E-state index in [1.54, 1.807) is 12.2 Å². The average Bonchev–Trinajstić information content (AvgIpc) is 2.96. The van der Waals surface area contributed by atoms with Gasteiger partial charge in [-0.1, -0.05) is 12.2 Å². The number of urea groups is 1. The highest BCUT2D eigenvalue weighted by Gasteiger charge is 2.25. The van der Waals surface area contributed by atoms with Crippen molar-refractivity contribution >= 4 is 12.0 Å². The normalized spacial score (nSPS) is 30.3. The van der Waals surface area contributed by atoms with Crippen molar-refractivity contribution in [3.63, 3.8) is 0 Å². The second-order valence-electron chi connectivity index (χ2n) is 4.76. The zero-order valence-corrected chi connectivity index (χ0v) is 10.1. The third-order valence-electron chi connectivity index (χ3n) is 3.29. The van der Waals surface area contributed by atoms with E-state index in [1.165, 1.54) is 0 Å². The molecule has 1 heterocycles. The lowest BCUT2D eigenvalue weighted by Crippen LogP contribution is -2.42. The van der Waals surface area contributed by atoms with E-state index >= 15 is 0 Å². The van der Waals surface area contributed by atoms with Gasteiger partial charge in [-0.2, -0.15) is 0 Å². The average molecular weight is 254 g/mol. The Morgan fingerprint density at radius 3 is 2.83 bits per heavy atom. The molecule has 0 bridgehead atoms. The van der Waals surface area contributed by atoms with Crippen molar-refractivity contribution in [3.8, 4) is 0 Å². The van der Waals surface area contributed by atoms with Crippen LogP contribution in [-0.4, -0.2) is 42.9 Å². The summed E-state index contributed by atoms with van der Waals surface area (Å²) >= 11 is 0. The number of ether oxygens (including phenoxy) is 1. The van der Waals surface area contributed by atoms with Crippen molar-refractivity contribution in [2.24, 2.45) is 11.8 Å². The van der Waals surface area contributed by atoms with Crippen LogP contribution < -0.4 is 10.6 Å². The molecule has 3 unspecified atom stereocenters. The first-order valence-electron chi connectivity index (χ1n) is 6.18. The van der Waals surface area contributed by atoms with Gasteiger partial charge in [0.05, 0.1) is 18.6 Å². The molecule has 1 saturated heterocycles. The first-order chi connectivity index (χ1) is 8.65. The smallest absolute Gasteiger partial charge is 0.315 e. The number of carboxylic acid groups (broad SMARTS) is 1. The third kappa shape index (κ3) is 3.46. The Bertz CT molecular complexity index is 350. The Balaban J connectivity index is 1.65. The first kappa shape index (κ1) is 12.9. The second-order valence-corrected chi connectivity index (χ2v) is 4.76. The summed E-state index contributed by atoms with van der Waals surface area (Å²) in [6.07, 6.45) is 4.76. The highest BCUT2D eigenvalue weighted by Crippen LogP contribution is 2.17. The summed E-state index contributed by atoms with van der Waals surface area (Å²) in [7, 11) is 0. The van der Waals surface area contributed by atoms with Gasteiger partial charge < -0.3 is 20.5 Å². The predicted molar refractivity (Wildman–Crippen MR) is 64.1 cm³/mol. The van der Waals surface area contributed by atoms with Crippen LogP contribution in [0.3, 0.4) is 0 Å². The van der Waals surface area contributed by atoms with E-state index in [4.69, 9.17) is 9.84 Å². The molecule has 2 aliphatic rings. The minimum absolute atomic E-state index is 0.189. The molecule has 3 atom stereocenters. The van der Waals surface area contributed by atoms with Crippen LogP contribution in [0.1, 0.15) is 12.8 Å². The molecule has 0 saturated carbocycles. The Morgan fingerprint density at radius 2 is 2.22 bits per heavy atom. The van der Waals surface area contributed by atoms with Gasteiger partial charge in [0.2, 0.25) is 0 Å². The number of nitrogens with one attached hydrogen (secondary N) is 2. The standard InChI is InChI=1S/C12H18N2O4/c15-11(16)9-1-2-10(5-9)14-12(17)13-6-8-3-4-18-7-8/h1-2,8-10H,3-7H2,(H,15,16)(H2,13,14,17). The van der Waals surface area contributed by atoms with Crippen molar-refractivity contribution in [2.45, 2.75) is 18.9 Å². The van der Waals surface area contributed by atoms with E-state index in [9.17, 15) is 9.59 Å². The lowest BCUT2D eigenvalue weighted by molar-refractivity contribution is -0.140. The number of carbonyl (C=O) groups is 2. The number of rotatable bonds is 4. The van der Waals surface area contributed by atoms with Gasteiger partial charge in [0.25, 0.3) is 0 Å². The number of amides is 2. The largest absolute Gasteiger partial charge is 0.481 e. The second kappa shape index (κ2) is 5.86. The molecule has 0 aromatic carbocycles. The number of hydrogen-bond acceptors (Lipinski definition) is 3. The molecular weight excluding hydrogens is 236 g/mol. The zero-order chi connectivity index (χ0) is 13.0. The molecule has 1 aliphatic heterocycles. The fraction of sp³-hybridized carbons (Fsp3) is 0.667. The summed E-state index contributed by atoms with van der Waals surface area (Å²) in [6, 6.07) is -0.437. The molecule has 6 heteroatoms. The maximum atomic E-state index is 11.6. The number of aliphatic carboxylic acids is 1. The predicted octanol–water partition coefficient (Wildman–Crippen LogP) is 0.351. The van der Waals surface area contributed by atoms with Gasteiger partial charge in [0, 0.05) is 19.1 Å². The van der Waals surface area contributed by atoms with E-state index < -0.39 is 11.9 Å². The van der Waals surface area contributed by atoms with E-state index in [1.807, 2.05) is 0 Å². The zero-order valence-electron chi connectivity index (χ0n) is 10.1. The van der Waals surface area contributed by atoms with E-state index in [0.29, 0.717) is 25.5 Å². The summed E-state index contributed by atoms with van der Waals surface area (Å²) in [5, 5.41) is 14.3. The lowest BCUT2D eigenvalue weighted by atomic mass is 10.1. The van der Waals surface area contributed by atoms with Crippen LogP contribution in [0.5, 0.6) is 0 Å². The lowest BCUT2D eigenvalue weighted by Gasteiger charge is -2.14. The van der Waals surface area contributed by atoms with Crippen LogP contribution >= 0.6 is 0 Å². The summed E-state index contributed by atoms with van der Waals surface area (Å²) in [6.45, 7) is 2.06. The SMILES string of the molecule is O=C(NCC1CCOC1)NC1C=CC(C(=O)O)C1. The van der Waals surface area contributed by atoms with Crippen molar-refractivity contribution in [1.82, 2.24) is 10.6 Å². The molecule has 6 nitrogen and oxygen atoms in total. The minimum Gasteiger partial charge on any atom is -0.481 e. The third-order valence-corrected chi connectivity index (χ3v) is 3.29. The number of hydrogen-bond donors (Lipinski definition) is 3. The molecule has 0 aromatic heterocycles. The minimum atomic E-state index is -0.848. The summed E-state index contributed by atoms with van der Waals surface area (Å²) in [4.78, 5) is 22.3. The quantitative estimate of drug-likeness (QED) is 0.632. The van der Waals surface area contributed by atoms with Gasteiger partial charge in [-0.05, 0) is 12.8 Å². The molecular formula is C12H18N2O4. The van der Waals surface area contributed by atoms with Crippen LogP contribution in [0.4, 0.5) is 4.79 Å². The molecule has 100 valence electrons. The molecule has 0 radical (unpaired) electrons. The molecule has 2 amide bonds. The van der Waals surface area contributed by atoms with Crippen molar-refractivity contribution < 1.29 is 19.4 Å². The molecule has 0 aromatic rings. The molecule has 3 N–H and O–H groups in total. The molecule has 1 aliphatic carbocycles. The Morgan fingerprint density at radius 1 is 1.39 bits per heavy atom. The Kier molecular flexibility index (Phi) is 4.19. The van der Waals surface area contributed by atoms with Gasteiger partial charge in [-0.3, -0.25) is 4.79 Å². The first-order valence-corrected chi connectivity index (χ1v) is 6.18. The fourth-order valence-corrected chi connectivity index (χ4v) is 2.19. The van der Waals surface area contributed by atoms with E-state index in [0.717, 1.165) is 13.0 Å². The van der Waals surface area contributed by atoms with Crippen LogP contribution in [0.25, 0.3) is 0 Å². The highest BCUT2D eigenvalue weighted by molar-refractivity contribution is 5.76. The van der Waals surface area contributed by atoms with Crippen molar-refractivity contribution in [2.75, 3.05) is 19.8 Å². The summed E-state index contributed by atoms with van der Waals surface area (Å²) in [5.41, 5.74) is 0. The van der Waals surface area contributed by atoms with Crippen LogP contribution in [-0.2, 0) is 9.53 Å². The van der Waals surface area contributed by atoms with Gasteiger partial charge in [0.15, 0.2) is 0 Å². The van der Waals surface area contributed by atoms with E-state index in [2.05, 4.69) is 10.6 Å². The van der Waals surface area contributed by atoms with Gasteiger partial charge in [0.1, 0.15) is 0 Å². The Hall–Kier alpha value is -1.56. The van der Waals surface area contributed by atoms with Gasteiger partial charge >= 0.3 is 12.0 Å². The van der Waals surface area contributed by atoms with Gasteiger partial charge in [-0.15, -0.1) is 0 Å². The number of carbonyl (C=O) groups excluding carboxylic acids is 1. The van der Waals surface area contributed by atoms with Gasteiger partial charge in [-0.25, -0.2) is 4.79 Å². The van der Waals surface area contributed by atoms with Crippen LogP contribution in [0.15, 0.2) is 12.2 Å². The maximum Gasteiger partial charge on any atom is 0.315 e. The summed E-state index contributed by atoms with van der Waals surface area (Å²) in [5.74, 6) is -0.945. The molecule has 18 heavy (non-hydrogen) atoms. The molecule has 2 rings (SSSR count). The topological polar surface area (TPSA) is 87.7 Å². The fourth-order valence-electron chi connectivity index (χ4n) is 2.19. The highest BCUT2D eigenvalue weighted by atomic mass is 16.5. The van der Waals surface area contributed by atoms with Crippen LogP contribution in [0.2, 0.25) is 0 Å². The van der Waals surface area contributed by atoms with Crippen LogP contribution in [0, 0.1) is 11.8 Å². The molecule has 1 fully saturated rings. The van der Waals surface area contributed by atoms with E-state index in [-0.39, 0.29) is 12.1 Å². The Labute approximate surface area is 105 Å². The summed E-state index contributed by atoms with van der Waals surface area (Å²) < 4.78 is 5.22. The van der Waals surface area contributed by atoms with Crippen molar-refractivity contribution in [3.05, 3.63) is 12.2 Å².